The van der Waals surface area contributed by atoms with Crippen molar-refractivity contribution in [1.82, 2.24) is 25.0 Å². The van der Waals surface area contributed by atoms with Gasteiger partial charge in [0, 0.05) is 11.8 Å². The number of hydrogen-bond donors (Lipinski definition) is 1. The van der Waals surface area contributed by atoms with Gasteiger partial charge in [-0.1, -0.05) is 11.3 Å². The molecule has 0 atom stereocenters. The number of methoxy groups -OCH3 is 1. The molecule has 4 aromatic rings. The quantitative estimate of drug-likeness (QED) is 0.281. The molecule has 1 N–H and O–H groups in total. The lowest BCUT2D eigenvalue weighted by Crippen LogP contribution is -2.41. The maximum absolute atomic E-state index is 14.2. The van der Waals surface area contributed by atoms with Gasteiger partial charge in [0.05, 0.1) is 30.3 Å². The highest BCUT2D eigenvalue weighted by Crippen LogP contribution is 2.32. The normalized spacial score (nSPS) is 11.6. The van der Waals surface area contributed by atoms with Crippen molar-refractivity contribution >= 4 is 11.6 Å². The molecule has 37 heavy (non-hydrogen) atoms. The fraction of sp³-hybridized carbons (Fsp3) is 0.217. The number of carbonyl (C=O) groups excluding carboxylic acids is 1. The second kappa shape index (κ2) is 9.95. The van der Waals surface area contributed by atoms with Crippen LogP contribution in [0.2, 0.25) is 0 Å². The van der Waals surface area contributed by atoms with E-state index in [4.69, 9.17) is 4.74 Å². The van der Waals surface area contributed by atoms with Crippen LogP contribution in [0.1, 0.15) is 5.69 Å². The lowest BCUT2D eigenvalue weighted by atomic mass is 10.1. The fourth-order valence-electron chi connectivity index (χ4n) is 3.54. The molecule has 2 aromatic carbocycles. The zero-order chi connectivity index (χ0) is 26.9. The third-order valence-electron chi connectivity index (χ3n) is 5.24. The Labute approximate surface area is 205 Å². The fourth-order valence-corrected chi connectivity index (χ4v) is 3.54. The summed E-state index contributed by atoms with van der Waals surface area (Å²) in [6.07, 6.45) is -1.94. The Balaban J connectivity index is 1.59. The first-order valence-electron chi connectivity index (χ1n) is 10.6. The summed E-state index contributed by atoms with van der Waals surface area (Å²) in [6.45, 7) is -0.903. The summed E-state index contributed by atoms with van der Waals surface area (Å²) in [4.78, 5) is 20.1. The molecular weight excluding hydrogens is 506 g/mol. The number of hydrogen-bond acceptors (Lipinski definition) is 5. The number of aromatic amines is 1. The minimum Gasteiger partial charge on any atom is -0.496 e. The van der Waals surface area contributed by atoms with Gasteiger partial charge in [-0.05, 0) is 31.2 Å². The number of nitrogens with zero attached hydrogens (tertiary/aromatic N) is 5. The van der Waals surface area contributed by atoms with Crippen LogP contribution >= 0.6 is 0 Å². The van der Waals surface area contributed by atoms with Crippen LogP contribution in [0.15, 0.2) is 42.7 Å². The molecule has 0 fully saturated rings. The summed E-state index contributed by atoms with van der Waals surface area (Å²) < 4.78 is 86.9. The van der Waals surface area contributed by atoms with Gasteiger partial charge in [0.2, 0.25) is 5.91 Å². The van der Waals surface area contributed by atoms with Crippen LogP contribution in [0, 0.1) is 24.4 Å². The summed E-state index contributed by atoms with van der Waals surface area (Å²) in [7, 11) is 1.46. The Morgan fingerprint density at radius 3 is 2.54 bits per heavy atom. The van der Waals surface area contributed by atoms with Gasteiger partial charge in [-0.15, -0.1) is 5.10 Å². The van der Waals surface area contributed by atoms with E-state index in [2.05, 4.69) is 20.3 Å². The van der Waals surface area contributed by atoms with Crippen LogP contribution in [0.5, 0.6) is 5.75 Å². The zero-order valence-corrected chi connectivity index (χ0v) is 19.3. The van der Waals surface area contributed by atoms with E-state index in [1.54, 1.807) is 24.4 Å². The number of alkyl halides is 3. The van der Waals surface area contributed by atoms with Gasteiger partial charge in [-0.2, -0.15) is 13.2 Å². The van der Waals surface area contributed by atoms with E-state index in [1.165, 1.54) is 13.3 Å². The third-order valence-corrected chi connectivity index (χ3v) is 5.24. The molecule has 0 spiro atoms. The van der Waals surface area contributed by atoms with Crippen LogP contribution in [0.4, 0.5) is 32.0 Å². The summed E-state index contributed by atoms with van der Waals surface area (Å²) >= 11 is 0. The van der Waals surface area contributed by atoms with Gasteiger partial charge in [0.15, 0.2) is 17.5 Å². The number of aryl methyl sites for hydroxylation is 1. The Hall–Kier alpha value is -4.36. The summed E-state index contributed by atoms with van der Waals surface area (Å²) in [5.74, 6) is -5.78. The van der Waals surface area contributed by atoms with Crippen molar-refractivity contribution in [2.24, 2.45) is 0 Å². The first kappa shape index (κ1) is 25.7. The molecule has 1 amide bonds. The van der Waals surface area contributed by atoms with Crippen molar-refractivity contribution in [1.29, 1.82) is 0 Å². The van der Waals surface area contributed by atoms with Gasteiger partial charge in [0.1, 0.15) is 30.4 Å². The minimum atomic E-state index is -4.95. The van der Waals surface area contributed by atoms with Gasteiger partial charge in [0.25, 0.3) is 0 Å². The number of nitrogens with one attached hydrogen (secondary N) is 1. The van der Waals surface area contributed by atoms with Crippen molar-refractivity contribution in [3.05, 3.63) is 65.9 Å². The van der Waals surface area contributed by atoms with E-state index >= 15 is 0 Å². The third kappa shape index (κ3) is 5.57. The van der Waals surface area contributed by atoms with Crippen molar-refractivity contribution < 1.29 is 35.9 Å². The highest BCUT2D eigenvalue weighted by atomic mass is 19.4. The maximum atomic E-state index is 14.2. The second-order valence-corrected chi connectivity index (χ2v) is 7.90. The number of carbonyl (C=O) groups is 1. The van der Waals surface area contributed by atoms with E-state index < -0.39 is 48.3 Å². The zero-order valence-electron chi connectivity index (χ0n) is 19.3. The molecule has 0 saturated carbocycles. The Morgan fingerprint density at radius 1 is 1.14 bits per heavy atom. The Bertz CT molecular complexity index is 1450. The molecule has 0 aliphatic rings. The smallest absolute Gasteiger partial charge is 0.406 e. The van der Waals surface area contributed by atoms with Gasteiger partial charge in [-0.3, -0.25) is 9.69 Å². The molecular formula is C23H18F6N6O2. The first-order valence-corrected chi connectivity index (χ1v) is 10.6. The molecule has 0 saturated heterocycles. The molecule has 4 rings (SSSR count). The van der Waals surface area contributed by atoms with Crippen LogP contribution in [0.3, 0.4) is 0 Å². The molecule has 0 aliphatic carbocycles. The number of imidazole rings is 1. The summed E-state index contributed by atoms with van der Waals surface area (Å²) in [5, 5.41) is 7.68. The molecule has 14 heteroatoms. The highest BCUT2D eigenvalue weighted by molar-refractivity contribution is 5.93. The van der Waals surface area contributed by atoms with Crippen molar-refractivity contribution in [3.8, 4) is 28.4 Å². The average molecular weight is 524 g/mol. The van der Waals surface area contributed by atoms with E-state index in [0.29, 0.717) is 34.8 Å². The molecule has 2 aromatic heterocycles. The number of anilines is 1. The monoisotopic (exact) mass is 524 g/mol. The van der Waals surface area contributed by atoms with E-state index in [-0.39, 0.29) is 10.6 Å². The number of ether oxygens (including phenoxy) is 1. The average Bonchev–Trinajstić information content (AvgIpc) is 3.49. The van der Waals surface area contributed by atoms with Crippen molar-refractivity contribution in [2.45, 2.75) is 19.6 Å². The van der Waals surface area contributed by atoms with Gasteiger partial charge < -0.3 is 9.72 Å². The number of rotatable bonds is 7. The van der Waals surface area contributed by atoms with Crippen LogP contribution in [-0.4, -0.2) is 50.7 Å². The molecule has 194 valence electrons. The first-order chi connectivity index (χ1) is 17.5. The number of amides is 1. The standard InChI is InChI=1S/C23H18F6N6O2/c1-12-8-30-22(31-12)14-4-3-13(7-18(14)37-2)16-9-34(33-32-16)10-19(36)35(11-23(27,28)29)17-6-5-15(24)20(25)21(17)26/h3-9H,10-11H2,1-2H3,(H,30,31). The van der Waals surface area contributed by atoms with Crippen molar-refractivity contribution in [2.75, 3.05) is 18.6 Å². The van der Waals surface area contributed by atoms with Crippen LogP contribution in [-0.2, 0) is 11.3 Å². The molecule has 0 unspecified atom stereocenters. The summed E-state index contributed by atoms with van der Waals surface area (Å²) in [5.41, 5.74) is 1.15. The topological polar surface area (TPSA) is 88.9 Å². The van der Waals surface area contributed by atoms with Crippen LogP contribution < -0.4 is 9.64 Å². The number of halogens is 6. The molecule has 8 nitrogen and oxygen atoms in total. The van der Waals surface area contributed by atoms with Gasteiger partial charge in [-0.25, -0.2) is 22.8 Å². The summed E-state index contributed by atoms with van der Waals surface area (Å²) in [6, 6.07) is 6.01. The predicted molar refractivity (Wildman–Crippen MR) is 119 cm³/mol. The lowest BCUT2D eigenvalue weighted by molar-refractivity contribution is -0.133. The molecule has 2 heterocycles. The van der Waals surface area contributed by atoms with E-state index in [1.807, 2.05) is 6.92 Å². The lowest BCUT2D eigenvalue weighted by Gasteiger charge is -2.24. The molecule has 0 bridgehead atoms. The van der Waals surface area contributed by atoms with Crippen molar-refractivity contribution in [3.63, 3.8) is 0 Å². The largest absolute Gasteiger partial charge is 0.496 e. The minimum absolute atomic E-state index is 0.0254. The number of aromatic nitrogens is 5. The Kier molecular flexibility index (Phi) is 6.92. The number of H-pyrrole nitrogens is 1. The molecule has 0 radical (unpaired) electrons. The van der Waals surface area contributed by atoms with E-state index in [9.17, 15) is 31.1 Å². The maximum Gasteiger partial charge on any atom is 0.406 e. The Morgan fingerprint density at radius 2 is 1.89 bits per heavy atom. The number of benzene rings is 2. The predicted octanol–water partition coefficient (Wildman–Crippen LogP) is 4.67. The molecule has 0 aliphatic heterocycles. The highest BCUT2D eigenvalue weighted by Gasteiger charge is 2.36. The van der Waals surface area contributed by atoms with Crippen LogP contribution in [0.25, 0.3) is 22.6 Å². The SMILES string of the molecule is COc1cc(-c2cn(CC(=O)N(CC(F)(F)F)c3ccc(F)c(F)c3F)nn2)ccc1-c1nc(C)c[nH]1. The van der Waals surface area contributed by atoms with Gasteiger partial charge >= 0.3 is 6.18 Å². The van der Waals surface area contributed by atoms with E-state index in [0.717, 1.165) is 10.4 Å². The second-order valence-electron chi connectivity index (χ2n) is 7.90.